The van der Waals surface area contributed by atoms with E-state index in [1.165, 1.54) is 80.6 Å². The number of hydrogen-bond donors (Lipinski definition) is 0. The average molecular weight is 681 g/mol. The molecule has 0 atom stereocenters. The molecule has 4 heteroatoms. The molecule has 0 bridgehead atoms. The van der Waals surface area contributed by atoms with Gasteiger partial charge in [-0.15, -0.1) is 11.3 Å². The minimum absolute atomic E-state index is 0.904. The number of nitrogens with zero attached hydrogens (tertiary/aromatic N) is 2. The minimum Gasteiger partial charge on any atom is -0.456 e. The SMILES string of the molecule is c1ccc2c(c1)oc1ccc(-n3c4ccccc4c4ccc(-c5ccc6c7ccccc7n(-c7ccc8sc9ccccc9c8c7)c6c5)cc43)cc12. The van der Waals surface area contributed by atoms with Gasteiger partial charge in [0.1, 0.15) is 11.2 Å². The number of aromatic nitrogens is 2. The summed E-state index contributed by atoms with van der Waals surface area (Å²) in [6.07, 6.45) is 0. The average Bonchev–Trinajstić information content (AvgIpc) is 3.94. The number of para-hydroxylation sites is 3. The van der Waals surface area contributed by atoms with E-state index in [0.29, 0.717) is 0 Å². The summed E-state index contributed by atoms with van der Waals surface area (Å²) in [4.78, 5) is 0. The molecule has 0 amide bonds. The Labute approximate surface area is 301 Å². The molecule has 0 spiro atoms. The first-order valence-corrected chi connectivity index (χ1v) is 18.5. The van der Waals surface area contributed by atoms with Gasteiger partial charge in [0, 0.05) is 63.9 Å². The summed E-state index contributed by atoms with van der Waals surface area (Å²) in [6.45, 7) is 0. The summed E-state index contributed by atoms with van der Waals surface area (Å²) in [5.41, 5.74) is 11.3. The number of furan rings is 1. The Morgan fingerprint density at radius 2 is 0.827 bits per heavy atom. The lowest BCUT2D eigenvalue weighted by Gasteiger charge is -2.11. The van der Waals surface area contributed by atoms with E-state index in [0.717, 1.165) is 27.6 Å². The zero-order chi connectivity index (χ0) is 33.9. The molecule has 0 aliphatic heterocycles. The fraction of sp³-hybridized carbons (Fsp3) is 0. The molecule has 52 heavy (non-hydrogen) atoms. The molecule has 0 saturated carbocycles. The number of rotatable bonds is 3. The highest BCUT2D eigenvalue weighted by Crippen LogP contribution is 2.41. The lowest BCUT2D eigenvalue weighted by Crippen LogP contribution is -1.94. The fourth-order valence-electron chi connectivity index (χ4n) is 8.56. The van der Waals surface area contributed by atoms with E-state index in [1.807, 2.05) is 23.5 Å². The summed E-state index contributed by atoms with van der Waals surface area (Å²) < 4.78 is 13.7. The van der Waals surface area contributed by atoms with Crippen molar-refractivity contribution in [3.05, 3.63) is 170 Å². The van der Waals surface area contributed by atoms with Crippen molar-refractivity contribution in [3.8, 4) is 22.5 Å². The molecule has 242 valence electrons. The van der Waals surface area contributed by atoms with Crippen LogP contribution >= 0.6 is 11.3 Å². The van der Waals surface area contributed by atoms with Gasteiger partial charge in [-0.2, -0.15) is 0 Å². The van der Waals surface area contributed by atoms with E-state index in [-0.39, 0.29) is 0 Å². The standard InChI is InChI=1S/C48H28N2OS/c1-5-13-41-33(9-1)35-21-17-29(25-43(35)49(41)31-19-23-46-39(27-31)37-11-3-7-15-45(37)51-46)30-18-22-36-34-10-2-6-14-42(34)50(44(36)26-30)32-20-24-48-40(28-32)38-12-4-8-16-47(38)52-48/h1-28H. The summed E-state index contributed by atoms with van der Waals surface area (Å²) in [7, 11) is 0. The highest BCUT2D eigenvalue weighted by molar-refractivity contribution is 7.25. The van der Waals surface area contributed by atoms with Gasteiger partial charge in [0.25, 0.3) is 0 Å². The summed E-state index contributed by atoms with van der Waals surface area (Å²) in [5, 5.41) is 9.88. The predicted octanol–water partition coefficient (Wildman–Crippen LogP) is 13.8. The molecule has 3 nitrogen and oxygen atoms in total. The van der Waals surface area contributed by atoms with Crippen LogP contribution in [0.2, 0.25) is 0 Å². The summed E-state index contributed by atoms with van der Waals surface area (Å²) in [5.74, 6) is 0. The molecule has 0 saturated heterocycles. The first-order valence-electron chi connectivity index (χ1n) is 17.7. The van der Waals surface area contributed by atoms with Crippen molar-refractivity contribution in [2.24, 2.45) is 0 Å². The maximum Gasteiger partial charge on any atom is 0.135 e. The second kappa shape index (κ2) is 10.5. The molecule has 0 aliphatic carbocycles. The van der Waals surface area contributed by atoms with Gasteiger partial charge in [0.05, 0.1) is 22.1 Å². The molecule has 0 radical (unpaired) electrons. The van der Waals surface area contributed by atoms with Crippen LogP contribution in [0.5, 0.6) is 0 Å². The first kappa shape index (κ1) is 28.1. The molecule has 4 heterocycles. The molecule has 4 aromatic heterocycles. The van der Waals surface area contributed by atoms with Crippen molar-refractivity contribution >= 4 is 97.1 Å². The second-order valence-corrected chi connectivity index (χ2v) is 14.8. The Hall–Kier alpha value is -6.62. The smallest absolute Gasteiger partial charge is 0.135 e. The highest BCUT2D eigenvalue weighted by Gasteiger charge is 2.18. The van der Waals surface area contributed by atoms with Crippen LogP contribution < -0.4 is 0 Å². The first-order chi connectivity index (χ1) is 25.8. The fourth-order valence-corrected chi connectivity index (χ4v) is 9.65. The number of hydrogen-bond acceptors (Lipinski definition) is 2. The number of fused-ring (bicyclic) bond motifs is 12. The molecule has 12 rings (SSSR count). The molecule has 0 unspecified atom stereocenters. The van der Waals surface area contributed by atoms with Gasteiger partial charge in [-0.1, -0.05) is 97.1 Å². The largest absolute Gasteiger partial charge is 0.456 e. The highest BCUT2D eigenvalue weighted by atomic mass is 32.1. The molecule has 12 aromatic rings. The van der Waals surface area contributed by atoms with Crippen molar-refractivity contribution in [2.45, 2.75) is 0 Å². The predicted molar refractivity (Wildman–Crippen MR) is 221 cm³/mol. The van der Waals surface area contributed by atoms with Gasteiger partial charge in [-0.25, -0.2) is 0 Å². The van der Waals surface area contributed by atoms with E-state index in [2.05, 4.69) is 167 Å². The Bertz CT molecular complexity index is 3200. The van der Waals surface area contributed by atoms with E-state index in [1.54, 1.807) is 0 Å². The Morgan fingerprint density at radius 1 is 0.327 bits per heavy atom. The maximum absolute atomic E-state index is 6.20. The summed E-state index contributed by atoms with van der Waals surface area (Å²) >= 11 is 1.86. The quantitative estimate of drug-likeness (QED) is 0.182. The lowest BCUT2D eigenvalue weighted by atomic mass is 10.0. The van der Waals surface area contributed by atoms with E-state index in [4.69, 9.17) is 4.42 Å². The Balaban J connectivity index is 1.08. The van der Waals surface area contributed by atoms with E-state index >= 15 is 0 Å². The van der Waals surface area contributed by atoms with Crippen molar-refractivity contribution in [1.82, 2.24) is 9.13 Å². The van der Waals surface area contributed by atoms with Gasteiger partial charge in [0.15, 0.2) is 0 Å². The third-order valence-corrected chi connectivity index (χ3v) is 12.1. The van der Waals surface area contributed by atoms with Crippen LogP contribution in [-0.4, -0.2) is 9.13 Å². The van der Waals surface area contributed by atoms with Crippen LogP contribution in [0.1, 0.15) is 0 Å². The number of thiophene rings is 1. The van der Waals surface area contributed by atoms with Crippen LogP contribution in [0.25, 0.3) is 108 Å². The topological polar surface area (TPSA) is 23.0 Å². The van der Waals surface area contributed by atoms with Crippen LogP contribution in [0.4, 0.5) is 0 Å². The molecule has 0 aliphatic rings. The van der Waals surface area contributed by atoms with Crippen molar-refractivity contribution in [1.29, 1.82) is 0 Å². The molecular formula is C48H28N2OS. The lowest BCUT2D eigenvalue weighted by molar-refractivity contribution is 0.669. The number of benzene rings is 8. The van der Waals surface area contributed by atoms with Gasteiger partial charge in [0.2, 0.25) is 0 Å². The zero-order valence-corrected chi connectivity index (χ0v) is 28.7. The van der Waals surface area contributed by atoms with Crippen molar-refractivity contribution in [3.63, 3.8) is 0 Å². The molecule has 0 fully saturated rings. The molecule has 0 N–H and O–H groups in total. The zero-order valence-electron chi connectivity index (χ0n) is 27.9. The Kier molecular flexibility index (Phi) is 5.65. The van der Waals surface area contributed by atoms with E-state index < -0.39 is 0 Å². The van der Waals surface area contributed by atoms with E-state index in [9.17, 15) is 0 Å². The van der Waals surface area contributed by atoms with Gasteiger partial charge < -0.3 is 13.6 Å². The summed E-state index contributed by atoms with van der Waals surface area (Å²) in [6, 6.07) is 62.0. The van der Waals surface area contributed by atoms with Gasteiger partial charge in [-0.3, -0.25) is 0 Å². The van der Waals surface area contributed by atoms with Crippen LogP contribution in [-0.2, 0) is 0 Å². The van der Waals surface area contributed by atoms with Crippen LogP contribution in [0, 0.1) is 0 Å². The molecular weight excluding hydrogens is 653 g/mol. The van der Waals surface area contributed by atoms with Gasteiger partial charge in [-0.05, 0) is 83.9 Å². The minimum atomic E-state index is 0.904. The third-order valence-electron chi connectivity index (χ3n) is 10.9. The second-order valence-electron chi connectivity index (χ2n) is 13.7. The van der Waals surface area contributed by atoms with Crippen molar-refractivity contribution < 1.29 is 4.42 Å². The monoisotopic (exact) mass is 680 g/mol. The van der Waals surface area contributed by atoms with Crippen LogP contribution in [0.3, 0.4) is 0 Å². The Morgan fingerprint density at radius 3 is 1.52 bits per heavy atom. The third kappa shape index (κ3) is 3.90. The normalized spacial score (nSPS) is 12.2. The van der Waals surface area contributed by atoms with Crippen molar-refractivity contribution in [2.75, 3.05) is 0 Å². The molecule has 8 aromatic carbocycles. The van der Waals surface area contributed by atoms with Crippen LogP contribution in [0.15, 0.2) is 174 Å². The van der Waals surface area contributed by atoms with Gasteiger partial charge >= 0.3 is 0 Å². The maximum atomic E-state index is 6.20.